The summed E-state index contributed by atoms with van der Waals surface area (Å²) in [6, 6.07) is 5.94. The minimum Gasteiger partial charge on any atom is -0.508 e. The van der Waals surface area contributed by atoms with Gasteiger partial charge in [0.2, 0.25) is 0 Å². The maximum Gasteiger partial charge on any atom is 0.122 e. The molecule has 0 aliphatic rings. The highest BCUT2D eigenvalue weighted by Gasteiger charge is 2.15. The average Bonchev–Trinajstić information content (AvgIpc) is 2.38. The quantitative estimate of drug-likeness (QED) is 0.796. The molecule has 1 aromatic rings. The lowest BCUT2D eigenvalue weighted by atomic mass is 10.1. The number of methoxy groups -OCH3 is 1. The zero-order valence-electron chi connectivity index (χ0n) is 12.4. The number of hydrogen-bond acceptors (Lipinski definition) is 4. The molecule has 3 N–H and O–H groups in total. The molecule has 2 atom stereocenters. The molecule has 0 saturated carbocycles. The van der Waals surface area contributed by atoms with Crippen LogP contribution in [0.2, 0.25) is 0 Å². The minimum absolute atomic E-state index is 0.162. The Labute approximate surface area is 116 Å². The first kappa shape index (κ1) is 15.8. The molecule has 0 aliphatic heterocycles. The summed E-state index contributed by atoms with van der Waals surface area (Å²) >= 11 is 0. The number of ether oxygens (including phenoxy) is 1. The molecule has 4 heteroatoms. The van der Waals surface area contributed by atoms with Crippen molar-refractivity contribution in [2.45, 2.75) is 39.3 Å². The van der Waals surface area contributed by atoms with Crippen molar-refractivity contribution >= 4 is 5.69 Å². The molecule has 0 fully saturated rings. The summed E-state index contributed by atoms with van der Waals surface area (Å²) in [5, 5.41) is 10.1. The lowest BCUT2D eigenvalue weighted by Crippen LogP contribution is -2.35. The molecule has 0 saturated heterocycles. The summed E-state index contributed by atoms with van der Waals surface area (Å²) in [6.45, 7) is 7.67. The number of benzene rings is 1. The molecule has 0 amide bonds. The van der Waals surface area contributed by atoms with E-state index < -0.39 is 0 Å². The minimum atomic E-state index is -0.162. The van der Waals surface area contributed by atoms with Crippen LogP contribution in [0.15, 0.2) is 18.2 Å². The Bertz CT molecular complexity index is 394. The number of rotatable bonds is 7. The van der Waals surface area contributed by atoms with E-state index in [4.69, 9.17) is 10.5 Å². The monoisotopic (exact) mass is 266 g/mol. The molecule has 0 aromatic heterocycles. The number of nitrogens with two attached hydrogens (primary N) is 1. The fourth-order valence-electron chi connectivity index (χ4n) is 2.11. The summed E-state index contributed by atoms with van der Waals surface area (Å²) in [7, 11) is 1.70. The summed E-state index contributed by atoms with van der Waals surface area (Å²) in [4.78, 5) is 2.24. The normalized spacial score (nSPS) is 14.2. The number of aromatic hydroxyl groups is 1. The van der Waals surface area contributed by atoms with E-state index in [1.54, 1.807) is 13.2 Å². The van der Waals surface area contributed by atoms with Gasteiger partial charge in [-0.25, -0.2) is 0 Å². The van der Waals surface area contributed by atoms with Crippen molar-refractivity contribution in [1.82, 2.24) is 0 Å². The number of phenolic OH excluding ortho intramolecular Hbond substituents is 1. The lowest BCUT2D eigenvalue weighted by Gasteiger charge is -2.31. The van der Waals surface area contributed by atoms with Crippen molar-refractivity contribution in [3.63, 3.8) is 0 Å². The van der Waals surface area contributed by atoms with Gasteiger partial charge in [-0.15, -0.1) is 0 Å². The molecule has 0 heterocycles. The van der Waals surface area contributed by atoms with E-state index in [1.807, 2.05) is 19.1 Å². The fourth-order valence-corrected chi connectivity index (χ4v) is 2.11. The highest BCUT2D eigenvalue weighted by atomic mass is 16.5. The standard InChI is InChI=1S/C15H26N2O2/c1-5-11(2)17(8-9-19-4)13-6-7-14(12(3)16)15(18)10-13/h6-7,10-12,18H,5,8-9,16H2,1-4H3. The SMILES string of the molecule is CCC(C)N(CCOC)c1ccc(C(C)N)c(O)c1. The van der Waals surface area contributed by atoms with Gasteiger partial charge in [-0.1, -0.05) is 13.0 Å². The van der Waals surface area contributed by atoms with Gasteiger partial charge in [0, 0.05) is 43.1 Å². The van der Waals surface area contributed by atoms with Crippen molar-refractivity contribution in [3.05, 3.63) is 23.8 Å². The molecule has 0 bridgehead atoms. The second kappa shape index (κ2) is 7.36. The molecule has 0 spiro atoms. The molecule has 1 aromatic carbocycles. The molecule has 0 aliphatic carbocycles. The van der Waals surface area contributed by atoms with Crippen LogP contribution in [0, 0.1) is 0 Å². The molecule has 1 rings (SSSR count). The van der Waals surface area contributed by atoms with Crippen molar-refractivity contribution in [1.29, 1.82) is 0 Å². The van der Waals surface area contributed by atoms with Gasteiger partial charge in [0.05, 0.1) is 6.61 Å². The van der Waals surface area contributed by atoms with E-state index in [9.17, 15) is 5.11 Å². The molecule has 4 nitrogen and oxygen atoms in total. The predicted molar refractivity (Wildman–Crippen MR) is 79.7 cm³/mol. The largest absolute Gasteiger partial charge is 0.508 e. The van der Waals surface area contributed by atoms with E-state index in [-0.39, 0.29) is 11.8 Å². The highest BCUT2D eigenvalue weighted by molar-refractivity contribution is 5.54. The van der Waals surface area contributed by atoms with Crippen LogP contribution in [-0.4, -0.2) is 31.4 Å². The Morgan fingerprint density at radius 2 is 2.05 bits per heavy atom. The lowest BCUT2D eigenvalue weighted by molar-refractivity contribution is 0.203. The summed E-state index contributed by atoms with van der Waals surface area (Å²) in [5.41, 5.74) is 7.60. The van der Waals surface area contributed by atoms with Crippen LogP contribution in [0.5, 0.6) is 5.75 Å². The third kappa shape index (κ3) is 4.11. The predicted octanol–water partition coefficient (Wildman–Crippen LogP) is 2.66. The van der Waals surface area contributed by atoms with E-state index in [2.05, 4.69) is 18.7 Å². The third-order valence-electron chi connectivity index (χ3n) is 3.50. The van der Waals surface area contributed by atoms with Gasteiger partial charge in [-0.3, -0.25) is 0 Å². The van der Waals surface area contributed by atoms with E-state index >= 15 is 0 Å². The van der Waals surface area contributed by atoms with E-state index in [0.29, 0.717) is 12.6 Å². The first-order valence-corrected chi connectivity index (χ1v) is 6.85. The molecular formula is C15H26N2O2. The van der Waals surface area contributed by atoms with Crippen LogP contribution in [0.25, 0.3) is 0 Å². The highest BCUT2D eigenvalue weighted by Crippen LogP contribution is 2.29. The van der Waals surface area contributed by atoms with Crippen molar-refractivity contribution in [2.24, 2.45) is 5.73 Å². The Morgan fingerprint density at radius 1 is 1.37 bits per heavy atom. The van der Waals surface area contributed by atoms with Crippen LogP contribution < -0.4 is 10.6 Å². The van der Waals surface area contributed by atoms with Crippen molar-refractivity contribution in [3.8, 4) is 5.75 Å². The first-order chi connectivity index (χ1) is 9.01. The molecule has 2 unspecified atom stereocenters. The second-order valence-corrected chi connectivity index (χ2v) is 4.98. The van der Waals surface area contributed by atoms with E-state index in [0.717, 1.165) is 24.2 Å². The van der Waals surface area contributed by atoms with E-state index in [1.165, 1.54) is 0 Å². The van der Waals surface area contributed by atoms with Gasteiger partial charge >= 0.3 is 0 Å². The zero-order chi connectivity index (χ0) is 14.4. The number of phenols is 1. The fraction of sp³-hybridized carbons (Fsp3) is 0.600. The molecule has 19 heavy (non-hydrogen) atoms. The van der Waals surface area contributed by atoms with Gasteiger partial charge in [-0.05, 0) is 26.3 Å². The summed E-state index contributed by atoms with van der Waals surface area (Å²) in [6.07, 6.45) is 1.04. The summed E-state index contributed by atoms with van der Waals surface area (Å²) < 4.78 is 5.16. The average molecular weight is 266 g/mol. The number of nitrogens with zero attached hydrogens (tertiary/aromatic N) is 1. The van der Waals surface area contributed by atoms with Gasteiger partial charge in [-0.2, -0.15) is 0 Å². The Balaban J connectivity index is 2.99. The van der Waals surface area contributed by atoms with Crippen LogP contribution in [0.4, 0.5) is 5.69 Å². The Kier molecular flexibility index (Phi) is 6.12. The number of hydrogen-bond donors (Lipinski definition) is 2. The zero-order valence-corrected chi connectivity index (χ0v) is 12.4. The van der Waals surface area contributed by atoms with Crippen molar-refractivity contribution < 1.29 is 9.84 Å². The van der Waals surface area contributed by atoms with Crippen LogP contribution in [0.3, 0.4) is 0 Å². The molecule has 0 radical (unpaired) electrons. The van der Waals surface area contributed by atoms with Crippen molar-refractivity contribution in [2.75, 3.05) is 25.2 Å². The van der Waals surface area contributed by atoms with Gasteiger partial charge in [0.25, 0.3) is 0 Å². The van der Waals surface area contributed by atoms with Crippen LogP contribution in [0.1, 0.15) is 38.8 Å². The Morgan fingerprint density at radius 3 is 2.53 bits per heavy atom. The van der Waals surface area contributed by atoms with Gasteiger partial charge in [0.15, 0.2) is 0 Å². The van der Waals surface area contributed by atoms with Crippen LogP contribution in [-0.2, 0) is 4.74 Å². The maximum absolute atomic E-state index is 10.1. The topological polar surface area (TPSA) is 58.7 Å². The molecule has 108 valence electrons. The third-order valence-corrected chi connectivity index (χ3v) is 3.50. The summed E-state index contributed by atoms with van der Waals surface area (Å²) in [5.74, 6) is 0.262. The number of anilines is 1. The second-order valence-electron chi connectivity index (χ2n) is 4.98. The molecular weight excluding hydrogens is 240 g/mol. The maximum atomic E-state index is 10.1. The van der Waals surface area contributed by atoms with Gasteiger partial charge < -0.3 is 20.5 Å². The van der Waals surface area contributed by atoms with Crippen LogP contribution >= 0.6 is 0 Å². The smallest absolute Gasteiger partial charge is 0.122 e. The first-order valence-electron chi connectivity index (χ1n) is 6.85. The van der Waals surface area contributed by atoms with Gasteiger partial charge in [0.1, 0.15) is 5.75 Å². The Hall–Kier alpha value is -1.26.